The summed E-state index contributed by atoms with van der Waals surface area (Å²) in [4.78, 5) is 3.90. The first kappa shape index (κ1) is 15.7. The van der Waals surface area contributed by atoms with Crippen molar-refractivity contribution in [1.82, 2.24) is 4.90 Å². The maximum Gasteiger partial charge on any atom is 0.119 e. The molecule has 0 unspecified atom stereocenters. The Kier molecular flexibility index (Phi) is 4.81. The van der Waals surface area contributed by atoms with Crippen molar-refractivity contribution in [2.75, 3.05) is 26.2 Å². The third-order valence-electron chi connectivity index (χ3n) is 4.65. The van der Waals surface area contributed by atoms with E-state index in [9.17, 15) is 0 Å². The van der Waals surface area contributed by atoms with E-state index in [0.29, 0.717) is 0 Å². The van der Waals surface area contributed by atoms with E-state index in [1.165, 1.54) is 46.5 Å². The molecule has 0 atom stereocenters. The number of rotatable bonds is 6. The van der Waals surface area contributed by atoms with Crippen molar-refractivity contribution in [3.05, 3.63) is 65.0 Å². The lowest BCUT2D eigenvalue weighted by Gasteiger charge is -2.15. The van der Waals surface area contributed by atoms with Crippen molar-refractivity contribution in [1.29, 1.82) is 0 Å². The lowest BCUT2D eigenvalue weighted by Crippen LogP contribution is -2.25. The molecule has 4 rings (SSSR count). The van der Waals surface area contributed by atoms with E-state index in [1.807, 2.05) is 11.3 Å². The van der Waals surface area contributed by atoms with Crippen LogP contribution in [0.5, 0.6) is 5.75 Å². The summed E-state index contributed by atoms with van der Waals surface area (Å²) in [5, 5.41) is 1.35. The SMILES string of the molecule is c1ccc2sc(Cc3ccc(OCCN4CCCC4)cc3)cc2c1. The zero-order valence-electron chi connectivity index (χ0n) is 13.9. The van der Waals surface area contributed by atoms with Crippen LogP contribution in [0.1, 0.15) is 23.3 Å². The van der Waals surface area contributed by atoms with Crippen LogP contribution in [0.4, 0.5) is 0 Å². The highest BCUT2D eigenvalue weighted by Crippen LogP contribution is 2.27. The van der Waals surface area contributed by atoms with E-state index in [4.69, 9.17) is 4.74 Å². The molecule has 1 aromatic heterocycles. The van der Waals surface area contributed by atoms with Gasteiger partial charge in [0.25, 0.3) is 0 Å². The zero-order valence-corrected chi connectivity index (χ0v) is 14.7. The summed E-state index contributed by atoms with van der Waals surface area (Å²) >= 11 is 1.89. The van der Waals surface area contributed by atoms with Crippen LogP contribution in [0.25, 0.3) is 10.1 Å². The van der Waals surface area contributed by atoms with Crippen LogP contribution in [0.3, 0.4) is 0 Å². The Morgan fingerprint density at radius 3 is 2.54 bits per heavy atom. The van der Waals surface area contributed by atoms with Crippen LogP contribution >= 0.6 is 11.3 Å². The third kappa shape index (κ3) is 3.80. The van der Waals surface area contributed by atoms with Gasteiger partial charge >= 0.3 is 0 Å². The van der Waals surface area contributed by atoms with Gasteiger partial charge in [-0.2, -0.15) is 0 Å². The highest BCUT2D eigenvalue weighted by molar-refractivity contribution is 7.19. The van der Waals surface area contributed by atoms with Crippen LogP contribution in [0.2, 0.25) is 0 Å². The molecule has 0 aliphatic carbocycles. The second-order valence-corrected chi connectivity index (χ2v) is 7.64. The number of hydrogen-bond donors (Lipinski definition) is 0. The first-order valence-corrected chi connectivity index (χ1v) is 9.60. The van der Waals surface area contributed by atoms with Crippen molar-refractivity contribution < 1.29 is 4.74 Å². The van der Waals surface area contributed by atoms with Gasteiger partial charge in [-0.05, 0) is 61.1 Å². The first-order chi connectivity index (χ1) is 11.9. The molecule has 0 radical (unpaired) electrons. The molecule has 1 aliphatic rings. The molecule has 24 heavy (non-hydrogen) atoms. The van der Waals surface area contributed by atoms with Crippen LogP contribution in [0, 0.1) is 0 Å². The summed E-state index contributed by atoms with van der Waals surface area (Å²) in [6.07, 6.45) is 3.67. The van der Waals surface area contributed by atoms with Crippen LogP contribution in [-0.4, -0.2) is 31.1 Å². The van der Waals surface area contributed by atoms with E-state index in [0.717, 1.165) is 25.3 Å². The molecular formula is C21H23NOS. The van der Waals surface area contributed by atoms with Crippen LogP contribution in [0.15, 0.2) is 54.6 Å². The number of likely N-dealkylation sites (tertiary alicyclic amines) is 1. The molecule has 0 spiro atoms. The molecule has 3 aromatic rings. The van der Waals surface area contributed by atoms with E-state index >= 15 is 0 Å². The molecule has 0 N–H and O–H groups in total. The standard InChI is InChI=1S/C21H23NOS/c1-2-6-21-18(5-1)16-20(24-21)15-17-7-9-19(10-8-17)23-14-13-22-11-3-4-12-22/h1-2,5-10,16H,3-4,11-15H2. The predicted molar refractivity (Wildman–Crippen MR) is 102 cm³/mol. The minimum atomic E-state index is 0.787. The Hall–Kier alpha value is -1.84. The predicted octanol–water partition coefficient (Wildman–Crippen LogP) is 4.97. The van der Waals surface area contributed by atoms with Gasteiger partial charge in [-0.3, -0.25) is 4.90 Å². The highest BCUT2D eigenvalue weighted by atomic mass is 32.1. The molecule has 124 valence electrons. The smallest absolute Gasteiger partial charge is 0.119 e. The van der Waals surface area contributed by atoms with Crippen molar-refractivity contribution in [3.8, 4) is 5.75 Å². The van der Waals surface area contributed by atoms with Gasteiger partial charge in [0.1, 0.15) is 12.4 Å². The van der Waals surface area contributed by atoms with E-state index in [2.05, 4.69) is 59.5 Å². The monoisotopic (exact) mass is 337 g/mol. The summed E-state index contributed by atoms with van der Waals surface area (Å²) in [6.45, 7) is 4.30. The Labute approximate surface area is 147 Å². The molecule has 2 heterocycles. The maximum absolute atomic E-state index is 5.88. The number of fused-ring (bicyclic) bond motifs is 1. The largest absolute Gasteiger partial charge is 0.492 e. The van der Waals surface area contributed by atoms with Gasteiger partial charge in [0.15, 0.2) is 0 Å². The summed E-state index contributed by atoms with van der Waals surface area (Å²) in [7, 11) is 0. The molecule has 0 amide bonds. The van der Waals surface area contributed by atoms with Gasteiger partial charge in [0, 0.05) is 22.5 Å². The Balaban J connectivity index is 1.33. The van der Waals surface area contributed by atoms with Gasteiger partial charge in [-0.1, -0.05) is 30.3 Å². The zero-order chi connectivity index (χ0) is 16.2. The third-order valence-corrected chi connectivity index (χ3v) is 5.77. The quantitative estimate of drug-likeness (QED) is 0.630. The second kappa shape index (κ2) is 7.37. The fourth-order valence-electron chi connectivity index (χ4n) is 3.33. The fourth-order valence-corrected chi connectivity index (χ4v) is 4.43. The molecule has 0 saturated carbocycles. The van der Waals surface area contributed by atoms with E-state index in [1.54, 1.807) is 0 Å². The van der Waals surface area contributed by atoms with Gasteiger partial charge in [-0.15, -0.1) is 11.3 Å². The average Bonchev–Trinajstić information content (AvgIpc) is 3.25. The number of ether oxygens (including phenoxy) is 1. The van der Waals surface area contributed by atoms with Crippen molar-refractivity contribution in [3.63, 3.8) is 0 Å². The first-order valence-electron chi connectivity index (χ1n) is 8.78. The molecular weight excluding hydrogens is 314 g/mol. The molecule has 1 fully saturated rings. The molecule has 1 saturated heterocycles. The number of hydrogen-bond acceptors (Lipinski definition) is 3. The number of benzene rings is 2. The van der Waals surface area contributed by atoms with Crippen LogP contribution < -0.4 is 4.74 Å². The normalized spacial score (nSPS) is 15.2. The minimum Gasteiger partial charge on any atom is -0.492 e. The molecule has 1 aliphatic heterocycles. The lowest BCUT2D eigenvalue weighted by molar-refractivity contribution is 0.238. The van der Waals surface area contributed by atoms with Crippen molar-refractivity contribution >= 4 is 21.4 Å². The van der Waals surface area contributed by atoms with Gasteiger partial charge in [-0.25, -0.2) is 0 Å². The van der Waals surface area contributed by atoms with Gasteiger partial charge in [0.05, 0.1) is 0 Å². The molecule has 0 bridgehead atoms. The summed E-state index contributed by atoms with van der Waals surface area (Å²) < 4.78 is 7.25. The average molecular weight is 337 g/mol. The number of thiophene rings is 1. The Morgan fingerprint density at radius 2 is 1.75 bits per heavy atom. The van der Waals surface area contributed by atoms with E-state index in [-0.39, 0.29) is 0 Å². The minimum absolute atomic E-state index is 0.787. The molecule has 3 heteroatoms. The molecule has 2 nitrogen and oxygen atoms in total. The topological polar surface area (TPSA) is 12.5 Å². The van der Waals surface area contributed by atoms with Gasteiger partial charge in [0.2, 0.25) is 0 Å². The second-order valence-electron chi connectivity index (χ2n) is 6.47. The highest BCUT2D eigenvalue weighted by Gasteiger charge is 2.10. The summed E-state index contributed by atoms with van der Waals surface area (Å²) in [5.41, 5.74) is 1.34. The Bertz CT molecular complexity index is 754. The van der Waals surface area contributed by atoms with Crippen molar-refractivity contribution in [2.24, 2.45) is 0 Å². The summed E-state index contributed by atoms with van der Waals surface area (Å²) in [6, 6.07) is 19.5. The van der Waals surface area contributed by atoms with Crippen LogP contribution in [-0.2, 0) is 6.42 Å². The summed E-state index contributed by atoms with van der Waals surface area (Å²) in [5.74, 6) is 0.981. The Morgan fingerprint density at radius 1 is 0.958 bits per heavy atom. The maximum atomic E-state index is 5.88. The van der Waals surface area contributed by atoms with Gasteiger partial charge < -0.3 is 4.74 Å². The molecule has 2 aromatic carbocycles. The van der Waals surface area contributed by atoms with E-state index < -0.39 is 0 Å². The fraction of sp³-hybridized carbons (Fsp3) is 0.333. The lowest BCUT2D eigenvalue weighted by atomic mass is 10.1. The van der Waals surface area contributed by atoms with Crippen molar-refractivity contribution in [2.45, 2.75) is 19.3 Å². The number of nitrogens with zero attached hydrogens (tertiary/aromatic N) is 1.